The van der Waals surface area contributed by atoms with Crippen molar-refractivity contribution in [2.45, 2.75) is 26.9 Å². The Morgan fingerprint density at radius 2 is 1.85 bits per heavy atom. The summed E-state index contributed by atoms with van der Waals surface area (Å²) in [5, 5.41) is 3.89. The van der Waals surface area contributed by atoms with Crippen LogP contribution in [-0.2, 0) is 27.2 Å². The Morgan fingerprint density at radius 3 is 2.48 bits per heavy atom. The summed E-state index contributed by atoms with van der Waals surface area (Å²) in [5.74, 6) is 0.512. The quantitative estimate of drug-likeness (QED) is 0.730. The summed E-state index contributed by atoms with van der Waals surface area (Å²) in [6.07, 6.45) is 1.80. The smallest absolute Gasteiger partial charge is 0.332 e. The number of imidazole rings is 1. The van der Waals surface area contributed by atoms with Crippen LogP contribution in [0.4, 0.5) is 5.95 Å². The van der Waals surface area contributed by atoms with Gasteiger partial charge in [-0.1, -0.05) is 47.5 Å². The fourth-order valence-corrected chi connectivity index (χ4v) is 2.93. The highest BCUT2D eigenvalue weighted by atomic mass is 35.5. The third-order valence-electron chi connectivity index (χ3n) is 4.47. The molecule has 3 rings (SSSR count). The molecule has 0 aliphatic heterocycles. The first-order chi connectivity index (χ1) is 12.8. The van der Waals surface area contributed by atoms with E-state index in [4.69, 9.17) is 11.6 Å². The van der Waals surface area contributed by atoms with E-state index >= 15 is 0 Å². The molecular weight excluding hydrogens is 366 g/mol. The second-order valence-electron chi connectivity index (χ2n) is 6.55. The van der Waals surface area contributed by atoms with Gasteiger partial charge in [-0.25, -0.2) is 4.79 Å². The molecule has 1 N–H and O–H groups in total. The van der Waals surface area contributed by atoms with Gasteiger partial charge in [-0.2, -0.15) is 4.98 Å². The fraction of sp³-hybridized carbons (Fsp3) is 0.316. The van der Waals surface area contributed by atoms with E-state index in [0.29, 0.717) is 35.2 Å². The van der Waals surface area contributed by atoms with E-state index < -0.39 is 5.69 Å². The lowest BCUT2D eigenvalue weighted by Crippen LogP contribution is -2.37. The van der Waals surface area contributed by atoms with E-state index in [1.54, 1.807) is 24.6 Å². The van der Waals surface area contributed by atoms with Gasteiger partial charge in [-0.15, -0.1) is 0 Å². The average molecular weight is 388 g/mol. The Morgan fingerprint density at radius 1 is 1.19 bits per heavy atom. The van der Waals surface area contributed by atoms with Gasteiger partial charge in [0.25, 0.3) is 5.56 Å². The monoisotopic (exact) mass is 387 g/mol. The van der Waals surface area contributed by atoms with Crippen LogP contribution in [0, 0.1) is 6.92 Å². The summed E-state index contributed by atoms with van der Waals surface area (Å²) < 4.78 is 4.21. The Kier molecular flexibility index (Phi) is 5.23. The Labute approximate surface area is 161 Å². The van der Waals surface area contributed by atoms with Gasteiger partial charge < -0.3 is 9.88 Å². The van der Waals surface area contributed by atoms with Gasteiger partial charge >= 0.3 is 5.69 Å². The summed E-state index contributed by atoms with van der Waals surface area (Å²) in [6, 6.07) is 8.15. The molecule has 1 aromatic carbocycles. The second kappa shape index (κ2) is 7.44. The molecule has 0 amide bonds. The molecule has 142 valence electrons. The van der Waals surface area contributed by atoms with Crippen LogP contribution in [0.5, 0.6) is 0 Å². The molecule has 0 aliphatic rings. The largest absolute Gasteiger partial charge is 0.351 e. The minimum absolute atomic E-state index is 0.343. The van der Waals surface area contributed by atoms with Crippen molar-refractivity contribution in [2.24, 2.45) is 14.1 Å². The number of rotatable bonds is 5. The summed E-state index contributed by atoms with van der Waals surface area (Å²) in [5.41, 5.74) is 2.18. The molecule has 2 heterocycles. The minimum atomic E-state index is -0.411. The van der Waals surface area contributed by atoms with E-state index in [1.165, 1.54) is 17.2 Å². The molecule has 0 radical (unpaired) electrons. The summed E-state index contributed by atoms with van der Waals surface area (Å²) in [7, 11) is 3.07. The van der Waals surface area contributed by atoms with Crippen molar-refractivity contribution in [3.63, 3.8) is 0 Å². The topological polar surface area (TPSA) is 73.8 Å². The van der Waals surface area contributed by atoms with Crippen LogP contribution in [-0.4, -0.2) is 18.7 Å². The number of anilines is 1. The molecule has 2 aromatic heterocycles. The maximum Gasteiger partial charge on any atom is 0.332 e. The number of hydrogen-bond donors (Lipinski definition) is 1. The predicted octanol–water partition coefficient (Wildman–Crippen LogP) is 2.50. The molecule has 0 aliphatic carbocycles. The zero-order valence-corrected chi connectivity index (χ0v) is 16.5. The zero-order valence-electron chi connectivity index (χ0n) is 15.8. The van der Waals surface area contributed by atoms with Gasteiger partial charge in [0.05, 0.1) is 0 Å². The van der Waals surface area contributed by atoms with Crippen LogP contribution < -0.4 is 16.6 Å². The van der Waals surface area contributed by atoms with Crippen molar-refractivity contribution in [1.82, 2.24) is 18.7 Å². The lowest BCUT2D eigenvalue weighted by Gasteiger charge is -2.09. The third kappa shape index (κ3) is 3.68. The van der Waals surface area contributed by atoms with Crippen molar-refractivity contribution in [3.05, 3.63) is 67.3 Å². The van der Waals surface area contributed by atoms with Gasteiger partial charge in [-0.3, -0.25) is 13.9 Å². The maximum absolute atomic E-state index is 12.7. The normalized spacial score (nSPS) is 12.0. The second-order valence-corrected chi connectivity index (χ2v) is 7.15. The molecule has 27 heavy (non-hydrogen) atoms. The van der Waals surface area contributed by atoms with Crippen LogP contribution in [0.2, 0.25) is 0 Å². The van der Waals surface area contributed by atoms with Crippen molar-refractivity contribution in [1.29, 1.82) is 0 Å². The molecule has 0 bridgehead atoms. The molecule has 0 saturated heterocycles. The van der Waals surface area contributed by atoms with Crippen LogP contribution >= 0.6 is 11.6 Å². The highest BCUT2D eigenvalue weighted by molar-refractivity contribution is 6.29. The van der Waals surface area contributed by atoms with Crippen molar-refractivity contribution in [2.75, 3.05) is 5.32 Å². The number of aryl methyl sites for hydroxylation is 2. The van der Waals surface area contributed by atoms with Gasteiger partial charge in [-0.05, 0) is 19.4 Å². The Balaban J connectivity index is 2.11. The number of benzene rings is 1. The molecule has 0 atom stereocenters. The molecule has 0 spiro atoms. The highest BCUT2D eigenvalue weighted by Gasteiger charge is 2.18. The first-order valence-electron chi connectivity index (χ1n) is 8.57. The van der Waals surface area contributed by atoms with Crippen LogP contribution in [0.1, 0.15) is 18.1 Å². The van der Waals surface area contributed by atoms with Gasteiger partial charge in [0.2, 0.25) is 5.95 Å². The lowest BCUT2D eigenvalue weighted by atomic mass is 10.1. The van der Waals surface area contributed by atoms with Crippen LogP contribution in [0.3, 0.4) is 0 Å². The van der Waals surface area contributed by atoms with E-state index in [-0.39, 0.29) is 5.56 Å². The standard InChI is InChI=1S/C19H22ClN5O2/c1-12-5-7-14(8-6-12)11-21-18-22-16-15(25(18)10-9-13(2)20)17(26)24(4)19(27)23(16)3/h5-9H,10-11H2,1-4H3,(H,21,22). The van der Waals surface area contributed by atoms with Gasteiger partial charge in [0, 0.05) is 32.2 Å². The number of aromatic nitrogens is 4. The van der Waals surface area contributed by atoms with Crippen LogP contribution in [0.15, 0.2) is 45.0 Å². The van der Waals surface area contributed by atoms with E-state index in [1.807, 2.05) is 31.2 Å². The first-order valence-corrected chi connectivity index (χ1v) is 8.95. The molecule has 0 unspecified atom stereocenters. The van der Waals surface area contributed by atoms with Crippen LogP contribution in [0.25, 0.3) is 11.2 Å². The van der Waals surface area contributed by atoms with Gasteiger partial charge in [0.15, 0.2) is 11.2 Å². The lowest BCUT2D eigenvalue weighted by molar-refractivity contribution is 0.703. The number of nitrogens with zero attached hydrogens (tertiary/aromatic N) is 4. The molecular formula is C19H22ClN5O2. The number of allylic oxidation sites excluding steroid dienone is 2. The maximum atomic E-state index is 12.7. The number of hydrogen-bond acceptors (Lipinski definition) is 4. The van der Waals surface area contributed by atoms with Gasteiger partial charge in [0.1, 0.15) is 0 Å². The molecule has 3 aromatic rings. The number of nitrogens with one attached hydrogen (secondary N) is 1. The van der Waals surface area contributed by atoms with Crippen molar-refractivity contribution < 1.29 is 0 Å². The SMILES string of the molecule is CC(Cl)=CCn1c(NCc2ccc(C)cc2)nc2c1c(=O)n(C)c(=O)n2C. The minimum Gasteiger partial charge on any atom is -0.351 e. The third-order valence-corrected chi connectivity index (χ3v) is 4.63. The molecule has 7 nitrogen and oxygen atoms in total. The fourth-order valence-electron chi connectivity index (χ4n) is 2.86. The van der Waals surface area contributed by atoms with Crippen molar-refractivity contribution in [3.8, 4) is 0 Å². The molecule has 0 fully saturated rings. The Bertz CT molecular complexity index is 1130. The van der Waals surface area contributed by atoms with E-state index in [0.717, 1.165) is 10.1 Å². The first kappa shape index (κ1) is 19.0. The highest BCUT2D eigenvalue weighted by Crippen LogP contribution is 2.17. The summed E-state index contributed by atoms with van der Waals surface area (Å²) in [4.78, 5) is 29.4. The predicted molar refractivity (Wildman–Crippen MR) is 108 cm³/mol. The molecule has 0 saturated carbocycles. The van der Waals surface area contributed by atoms with E-state index in [9.17, 15) is 9.59 Å². The summed E-state index contributed by atoms with van der Waals surface area (Å²) >= 11 is 5.98. The number of halogens is 1. The Hall–Kier alpha value is -2.80. The zero-order chi connectivity index (χ0) is 19.7. The number of fused-ring (bicyclic) bond motifs is 1. The average Bonchev–Trinajstić information content (AvgIpc) is 3.01. The van der Waals surface area contributed by atoms with E-state index in [2.05, 4.69) is 10.3 Å². The molecule has 8 heteroatoms. The summed E-state index contributed by atoms with van der Waals surface area (Å²) in [6.45, 7) is 4.72. The van der Waals surface area contributed by atoms with Crippen molar-refractivity contribution >= 4 is 28.7 Å².